The molecule has 0 aliphatic heterocycles. The Morgan fingerprint density at radius 1 is 1.24 bits per heavy atom. The third kappa shape index (κ3) is 3.38. The first kappa shape index (κ1) is 21.4. The lowest BCUT2D eigenvalue weighted by molar-refractivity contribution is -0.138. The van der Waals surface area contributed by atoms with E-state index in [1.54, 1.807) is 0 Å². The van der Waals surface area contributed by atoms with Gasteiger partial charge in [0.2, 0.25) is 0 Å². The van der Waals surface area contributed by atoms with Crippen LogP contribution in [-0.2, 0) is 0 Å². The third-order valence-corrected chi connectivity index (χ3v) is 5.06. The number of rotatable bonds is 1. The van der Waals surface area contributed by atoms with Crippen LogP contribution in [0.15, 0.2) is 12.1 Å². The average Bonchev–Trinajstić information content (AvgIpc) is 2.56. The quantitative estimate of drug-likeness (QED) is 0.617. The molecule has 0 saturated heterocycles. The van der Waals surface area contributed by atoms with Gasteiger partial charge >= 0.3 is 0 Å². The summed E-state index contributed by atoms with van der Waals surface area (Å²) in [7, 11) is 1.41. The molecular formula is C19H30O6. The summed E-state index contributed by atoms with van der Waals surface area (Å²) in [4.78, 5) is 12.8. The molecule has 3 rings (SSSR count). The molecule has 1 fully saturated rings. The topological polar surface area (TPSA) is 107 Å². The number of aliphatic hydroxyl groups excluding tert-OH is 2. The Morgan fingerprint density at radius 3 is 2.40 bits per heavy atom. The van der Waals surface area contributed by atoms with Crippen LogP contribution in [0.3, 0.4) is 0 Å². The molecule has 4 unspecified atom stereocenters. The minimum atomic E-state index is -1.37. The van der Waals surface area contributed by atoms with E-state index in [0.29, 0.717) is 12.2 Å². The van der Waals surface area contributed by atoms with Crippen molar-refractivity contribution >= 4 is 5.78 Å². The molecule has 0 aromatic heterocycles. The lowest BCUT2D eigenvalue weighted by Crippen LogP contribution is -2.56. The number of Topliss-reactive ketones (excluding diaryl/α,β-unsaturated/α-hetero) is 1. The number of carbonyl (C=O) groups is 1. The molecule has 6 nitrogen and oxygen atoms in total. The Labute approximate surface area is 149 Å². The van der Waals surface area contributed by atoms with Gasteiger partial charge in [-0.05, 0) is 25.8 Å². The zero-order valence-corrected chi connectivity index (χ0v) is 14.5. The minimum absolute atomic E-state index is 0. The van der Waals surface area contributed by atoms with E-state index in [9.17, 15) is 25.2 Å². The van der Waals surface area contributed by atoms with Gasteiger partial charge in [-0.25, -0.2) is 0 Å². The van der Waals surface area contributed by atoms with Gasteiger partial charge in [-0.2, -0.15) is 0 Å². The zero-order chi connectivity index (χ0) is 18.2. The van der Waals surface area contributed by atoms with Crippen LogP contribution < -0.4 is 4.74 Å². The maximum absolute atomic E-state index is 12.8. The summed E-state index contributed by atoms with van der Waals surface area (Å²) in [5.74, 6) is -1.69. The highest BCUT2D eigenvalue weighted by atomic mass is 16.5. The molecule has 4 N–H and O–H groups in total. The molecule has 1 aromatic rings. The molecule has 2 aliphatic rings. The van der Waals surface area contributed by atoms with Crippen molar-refractivity contribution in [2.24, 2.45) is 11.8 Å². The molecule has 0 bridgehead atoms. The summed E-state index contributed by atoms with van der Waals surface area (Å²) in [5.41, 5.74) is -1.04. The molecule has 1 aromatic carbocycles. The Morgan fingerprint density at radius 2 is 1.84 bits per heavy atom. The summed E-state index contributed by atoms with van der Waals surface area (Å²) in [6, 6.07) is 2.80. The molecule has 5 atom stereocenters. The van der Waals surface area contributed by atoms with Crippen LogP contribution in [0, 0.1) is 11.8 Å². The minimum Gasteiger partial charge on any atom is -0.507 e. The molecular weight excluding hydrogens is 324 g/mol. The number of ether oxygens (including phenoxy) is 1. The largest absolute Gasteiger partial charge is 0.507 e. The first-order chi connectivity index (χ1) is 11.3. The first-order valence-electron chi connectivity index (χ1n) is 8.31. The molecule has 0 amide bonds. The van der Waals surface area contributed by atoms with Crippen molar-refractivity contribution in [2.75, 3.05) is 7.11 Å². The van der Waals surface area contributed by atoms with Gasteiger partial charge in [0.1, 0.15) is 11.5 Å². The fraction of sp³-hybridized carbons (Fsp3) is 0.632. The number of ketones is 1. The number of phenols is 1. The number of benzene rings is 1. The number of hydrogen-bond acceptors (Lipinski definition) is 6. The number of carbonyl (C=O) groups excluding carboxylic acids is 1. The van der Waals surface area contributed by atoms with E-state index in [2.05, 4.69) is 0 Å². The summed E-state index contributed by atoms with van der Waals surface area (Å²) in [6.07, 6.45) is -1.64. The molecule has 0 heterocycles. The van der Waals surface area contributed by atoms with Crippen molar-refractivity contribution < 1.29 is 30.0 Å². The Bertz CT molecular complexity index is 625. The second-order valence-corrected chi connectivity index (χ2v) is 6.45. The van der Waals surface area contributed by atoms with Gasteiger partial charge < -0.3 is 25.2 Å². The zero-order valence-electron chi connectivity index (χ0n) is 14.5. The lowest BCUT2D eigenvalue weighted by Gasteiger charge is -2.47. The fourth-order valence-electron chi connectivity index (χ4n) is 3.74. The first-order valence-corrected chi connectivity index (χ1v) is 8.31. The van der Waals surface area contributed by atoms with Crippen molar-refractivity contribution in [1.29, 1.82) is 0 Å². The predicted molar refractivity (Wildman–Crippen MR) is 94.9 cm³/mol. The van der Waals surface area contributed by atoms with Crippen molar-refractivity contribution in [3.8, 4) is 11.5 Å². The van der Waals surface area contributed by atoms with Gasteiger partial charge in [0.25, 0.3) is 0 Å². The van der Waals surface area contributed by atoms with Crippen molar-refractivity contribution in [3.63, 3.8) is 0 Å². The third-order valence-electron chi connectivity index (χ3n) is 5.06. The van der Waals surface area contributed by atoms with Crippen LogP contribution in [0.5, 0.6) is 11.5 Å². The number of aliphatic hydroxyl groups is 3. The van der Waals surface area contributed by atoms with Gasteiger partial charge in [-0.3, -0.25) is 4.79 Å². The number of aromatic hydroxyl groups is 1. The molecule has 2 aliphatic carbocycles. The predicted octanol–water partition coefficient (Wildman–Crippen LogP) is 2.43. The number of hydrogen-bond donors (Lipinski definition) is 4. The van der Waals surface area contributed by atoms with Crippen LogP contribution in [0.25, 0.3) is 0 Å². The average molecular weight is 354 g/mol. The highest BCUT2D eigenvalue weighted by Crippen LogP contribution is 2.51. The molecule has 25 heavy (non-hydrogen) atoms. The van der Waals surface area contributed by atoms with Crippen molar-refractivity contribution in [2.45, 2.75) is 58.8 Å². The van der Waals surface area contributed by atoms with Gasteiger partial charge in [0, 0.05) is 23.1 Å². The van der Waals surface area contributed by atoms with Crippen molar-refractivity contribution in [3.05, 3.63) is 23.3 Å². The van der Waals surface area contributed by atoms with E-state index >= 15 is 0 Å². The highest BCUT2D eigenvalue weighted by molar-refractivity contribution is 6.02. The molecule has 6 heteroatoms. The molecule has 0 spiro atoms. The van der Waals surface area contributed by atoms with E-state index in [1.807, 2.05) is 13.8 Å². The van der Waals surface area contributed by atoms with Crippen LogP contribution in [0.4, 0.5) is 0 Å². The fourth-order valence-corrected chi connectivity index (χ4v) is 3.74. The summed E-state index contributed by atoms with van der Waals surface area (Å²) < 4.78 is 5.04. The van der Waals surface area contributed by atoms with Gasteiger partial charge in [-0.1, -0.05) is 21.3 Å². The standard InChI is InChI=1S/C16H20O6.C2H6.CH4/c1-16(21)4-3-8-12(15(16)20)14(19)9-5-7(22-2)6-10(17)11(9)13(8)18;1-2;/h5-6,8,12-13,15,17-18,20-21H,3-4H2,1-2H3;1-2H3;1H4/t8?,12?,13?,15?,16-;;/m1../s1. The van der Waals surface area contributed by atoms with E-state index in [4.69, 9.17) is 4.74 Å². The number of methoxy groups -OCH3 is 1. The Kier molecular flexibility index (Phi) is 6.61. The smallest absolute Gasteiger partial charge is 0.169 e. The van der Waals surface area contributed by atoms with E-state index < -0.39 is 29.6 Å². The molecule has 142 valence electrons. The number of fused-ring (bicyclic) bond motifs is 2. The van der Waals surface area contributed by atoms with Gasteiger partial charge in [-0.15, -0.1) is 0 Å². The van der Waals surface area contributed by atoms with Crippen LogP contribution in [-0.4, -0.2) is 45.0 Å². The van der Waals surface area contributed by atoms with E-state index in [1.165, 1.54) is 26.2 Å². The second kappa shape index (κ2) is 7.72. The Hall–Kier alpha value is -1.63. The van der Waals surface area contributed by atoms with E-state index in [-0.39, 0.29) is 36.5 Å². The summed E-state index contributed by atoms with van der Waals surface area (Å²) in [5, 5.41) is 41.3. The summed E-state index contributed by atoms with van der Waals surface area (Å²) >= 11 is 0. The maximum atomic E-state index is 12.8. The monoisotopic (exact) mass is 354 g/mol. The van der Waals surface area contributed by atoms with Crippen LogP contribution in [0.1, 0.15) is 63.1 Å². The normalized spacial score (nSPS) is 33.2. The van der Waals surface area contributed by atoms with Gasteiger partial charge in [0.05, 0.1) is 30.8 Å². The van der Waals surface area contributed by atoms with E-state index in [0.717, 1.165) is 0 Å². The highest BCUT2D eigenvalue weighted by Gasteiger charge is 2.54. The van der Waals surface area contributed by atoms with Crippen molar-refractivity contribution in [1.82, 2.24) is 0 Å². The number of phenolic OH excluding ortho intramolecular Hbond substituents is 1. The molecule has 0 radical (unpaired) electrons. The maximum Gasteiger partial charge on any atom is 0.169 e. The SMILES string of the molecule is C.CC.COc1cc(O)c2c(c1)C(=O)C1C(CC[C@@](C)(O)C1O)C2O. The summed E-state index contributed by atoms with van der Waals surface area (Å²) in [6.45, 7) is 5.49. The molecule has 1 saturated carbocycles. The second-order valence-electron chi connectivity index (χ2n) is 6.45. The Balaban J connectivity index is 0.00000101. The van der Waals surface area contributed by atoms with Crippen LogP contribution >= 0.6 is 0 Å². The van der Waals surface area contributed by atoms with Crippen LogP contribution in [0.2, 0.25) is 0 Å². The lowest BCUT2D eigenvalue weighted by atomic mass is 9.61. The van der Waals surface area contributed by atoms with Gasteiger partial charge in [0.15, 0.2) is 5.78 Å².